The summed E-state index contributed by atoms with van der Waals surface area (Å²) in [7, 11) is 3.19. The highest BCUT2D eigenvalue weighted by molar-refractivity contribution is 5.88. The van der Waals surface area contributed by atoms with Crippen molar-refractivity contribution in [2.75, 3.05) is 19.5 Å². The molecule has 122 valence electrons. The highest BCUT2D eigenvalue weighted by Gasteiger charge is 2.16. The molecule has 2 aromatic carbocycles. The summed E-state index contributed by atoms with van der Waals surface area (Å²) in [5, 5.41) is 2.70. The number of rotatable bonds is 7. The zero-order chi connectivity index (χ0) is 16.8. The van der Waals surface area contributed by atoms with Crippen LogP contribution in [0.15, 0.2) is 36.4 Å². The molecule has 0 fully saturated rings. The second-order valence-corrected chi connectivity index (χ2v) is 5.18. The van der Waals surface area contributed by atoms with Gasteiger partial charge < -0.3 is 19.5 Å². The van der Waals surface area contributed by atoms with Gasteiger partial charge in [-0.3, -0.25) is 4.79 Å². The number of carbonyl (C=O) groups excluding carboxylic acids is 1. The number of hydrogen-bond donors (Lipinski definition) is 1. The van der Waals surface area contributed by atoms with Crippen molar-refractivity contribution in [3.63, 3.8) is 0 Å². The third kappa shape index (κ3) is 3.74. The standard InChI is InChI=1S/C18H21NO4/c1-12(2)23-18-10-16(21-3)14(9-17(18)22-4)13-7-5-6-8-15(13)19-11-20/h5-12H,1-4H3,(H,19,20). The van der Waals surface area contributed by atoms with Gasteiger partial charge in [-0.2, -0.15) is 0 Å². The van der Waals surface area contributed by atoms with E-state index in [9.17, 15) is 4.79 Å². The summed E-state index contributed by atoms with van der Waals surface area (Å²) in [5.74, 6) is 1.86. The van der Waals surface area contributed by atoms with Gasteiger partial charge in [0.05, 0.1) is 20.3 Å². The van der Waals surface area contributed by atoms with E-state index in [-0.39, 0.29) is 6.10 Å². The molecule has 1 amide bonds. The van der Waals surface area contributed by atoms with Crippen LogP contribution in [0.25, 0.3) is 11.1 Å². The molecule has 0 saturated carbocycles. The monoisotopic (exact) mass is 315 g/mol. The lowest BCUT2D eigenvalue weighted by molar-refractivity contribution is -0.105. The van der Waals surface area contributed by atoms with Crippen LogP contribution in [0.4, 0.5) is 5.69 Å². The van der Waals surface area contributed by atoms with Gasteiger partial charge >= 0.3 is 0 Å². The summed E-state index contributed by atoms with van der Waals surface area (Å²) in [6, 6.07) is 11.1. The summed E-state index contributed by atoms with van der Waals surface area (Å²) in [4.78, 5) is 10.8. The van der Waals surface area contributed by atoms with Gasteiger partial charge in [-0.25, -0.2) is 0 Å². The maximum atomic E-state index is 10.8. The normalized spacial score (nSPS) is 10.3. The number of ether oxygens (including phenoxy) is 3. The minimum Gasteiger partial charge on any atom is -0.496 e. The van der Waals surface area contributed by atoms with E-state index in [0.717, 1.165) is 11.1 Å². The smallest absolute Gasteiger partial charge is 0.211 e. The van der Waals surface area contributed by atoms with Gasteiger partial charge in [0.15, 0.2) is 11.5 Å². The lowest BCUT2D eigenvalue weighted by Gasteiger charge is -2.18. The van der Waals surface area contributed by atoms with Crippen molar-refractivity contribution >= 4 is 12.1 Å². The quantitative estimate of drug-likeness (QED) is 0.791. The van der Waals surface area contributed by atoms with Gasteiger partial charge in [-0.05, 0) is 26.0 Å². The van der Waals surface area contributed by atoms with Crippen LogP contribution in [-0.2, 0) is 4.79 Å². The van der Waals surface area contributed by atoms with Crippen molar-refractivity contribution in [1.82, 2.24) is 0 Å². The first kappa shape index (κ1) is 16.7. The molecule has 5 nitrogen and oxygen atoms in total. The molecule has 0 aliphatic carbocycles. The van der Waals surface area contributed by atoms with Crippen molar-refractivity contribution < 1.29 is 19.0 Å². The molecule has 0 radical (unpaired) electrons. The van der Waals surface area contributed by atoms with Crippen molar-refractivity contribution in [2.24, 2.45) is 0 Å². The Morgan fingerprint density at radius 1 is 0.957 bits per heavy atom. The minimum atomic E-state index is 0.0171. The molecule has 0 heterocycles. The third-order valence-corrected chi connectivity index (χ3v) is 3.28. The maximum Gasteiger partial charge on any atom is 0.211 e. The predicted octanol–water partition coefficient (Wildman–Crippen LogP) is 3.73. The third-order valence-electron chi connectivity index (χ3n) is 3.28. The number of amides is 1. The first-order valence-corrected chi connectivity index (χ1v) is 7.33. The van der Waals surface area contributed by atoms with Crippen LogP contribution in [0.3, 0.4) is 0 Å². The molecule has 2 rings (SSSR count). The van der Waals surface area contributed by atoms with Crippen molar-refractivity contribution in [2.45, 2.75) is 20.0 Å². The zero-order valence-electron chi connectivity index (χ0n) is 13.8. The highest BCUT2D eigenvalue weighted by Crippen LogP contribution is 2.42. The van der Waals surface area contributed by atoms with E-state index in [1.54, 1.807) is 20.3 Å². The first-order chi connectivity index (χ1) is 11.1. The molecule has 5 heteroatoms. The van der Waals surface area contributed by atoms with Gasteiger partial charge in [-0.1, -0.05) is 18.2 Å². The Balaban J connectivity index is 2.60. The van der Waals surface area contributed by atoms with E-state index in [1.165, 1.54) is 0 Å². The van der Waals surface area contributed by atoms with E-state index in [0.29, 0.717) is 29.3 Å². The lowest BCUT2D eigenvalue weighted by Crippen LogP contribution is -2.07. The fourth-order valence-electron chi connectivity index (χ4n) is 2.33. The molecule has 1 N–H and O–H groups in total. The Hall–Kier alpha value is -2.69. The highest BCUT2D eigenvalue weighted by atomic mass is 16.5. The van der Waals surface area contributed by atoms with Crippen LogP contribution in [0.5, 0.6) is 17.2 Å². The summed E-state index contributed by atoms with van der Waals surface area (Å²) in [6.07, 6.45) is 0.669. The van der Waals surface area contributed by atoms with Crippen LogP contribution in [-0.4, -0.2) is 26.7 Å². The number of nitrogens with one attached hydrogen (secondary N) is 1. The zero-order valence-corrected chi connectivity index (χ0v) is 13.8. The Morgan fingerprint density at radius 3 is 2.26 bits per heavy atom. The van der Waals surface area contributed by atoms with Crippen LogP contribution in [0, 0.1) is 0 Å². The van der Waals surface area contributed by atoms with Crippen LogP contribution in [0.2, 0.25) is 0 Å². The van der Waals surface area contributed by atoms with E-state index >= 15 is 0 Å². The van der Waals surface area contributed by atoms with Crippen LogP contribution >= 0.6 is 0 Å². The Bertz CT molecular complexity index is 683. The molecule has 0 unspecified atom stereocenters. The number of carbonyl (C=O) groups is 1. The van der Waals surface area contributed by atoms with Gasteiger partial charge in [0.2, 0.25) is 6.41 Å². The van der Waals surface area contributed by atoms with E-state index in [2.05, 4.69) is 5.32 Å². The number of methoxy groups -OCH3 is 2. The summed E-state index contributed by atoms with van der Waals surface area (Å²) in [6.45, 7) is 3.90. The van der Waals surface area contributed by atoms with Gasteiger partial charge in [-0.15, -0.1) is 0 Å². The largest absolute Gasteiger partial charge is 0.496 e. The second-order valence-electron chi connectivity index (χ2n) is 5.18. The molecule has 0 aliphatic rings. The minimum absolute atomic E-state index is 0.0171. The van der Waals surface area contributed by atoms with Crippen molar-refractivity contribution in [1.29, 1.82) is 0 Å². The Labute approximate surface area is 136 Å². The first-order valence-electron chi connectivity index (χ1n) is 7.33. The van der Waals surface area contributed by atoms with Crippen LogP contribution < -0.4 is 19.5 Å². The number of hydrogen-bond acceptors (Lipinski definition) is 4. The fraction of sp³-hybridized carbons (Fsp3) is 0.278. The molecule has 2 aromatic rings. The SMILES string of the molecule is COc1cc(-c2ccccc2NC=O)c(OC)cc1OC(C)C. The average Bonchev–Trinajstić information content (AvgIpc) is 2.55. The van der Waals surface area contributed by atoms with E-state index in [1.807, 2.05) is 44.2 Å². The molecule has 23 heavy (non-hydrogen) atoms. The second kappa shape index (κ2) is 7.54. The summed E-state index contributed by atoms with van der Waals surface area (Å²) >= 11 is 0. The lowest BCUT2D eigenvalue weighted by atomic mass is 10.0. The van der Waals surface area contributed by atoms with Crippen LogP contribution in [0.1, 0.15) is 13.8 Å². The molecule has 0 atom stereocenters. The maximum absolute atomic E-state index is 10.8. The number of benzene rings is 2. The van der Waals surface area contributed by atoms with E-state index in [4.69, 9.17) is 14.2 Å². The number of anilines is 1. The molecule has 0 spiro atoms. The van der Waals surface area contributed by atoms with Gasteiger partial charge in [0, 0.05) is 22.9 Å². The molecular formula is C18H21NO4. The Kier molecular flexibility index (Phi) is 5.46. The van der Waals surface area contributed by atoms with E-state index < -0.39 is 0 Å². The predicted molar refractivity (Wildman–Crippen MR) is 90.4 cm³/mol. The summed E-state index contributed by atoms with van der Waals surface area (Å²) in [5.41, 5.74) is 2.34. The van der Waals surface area contributed by atoms with Gasteiger partial charge in [0.25, 0.3) is 0 Å². The summed E-state index contributed by atoms with van der Waals surface area (Å²) < 4.78 is 16.7. The topological polar surface area (TPSA) is 56.8 Å². The van der Waals surface area contributed by atoms with Crippen molar-refractivity contribution in [3.05, 3.63) is 36.4 Å². The van der Waals surface area contributed by atoms with Gasteiger partial charge in [0.1, 0.15) is 5.75 Å². The molecular weight excluding hydrogens is 294 g/mol. The fourth-order valence-corrected chi connectivity index (χ4v) is 2.33. The molecule has 0 aliphatic heterocycles. The molecule has 0 aromatic heterocycles. The molecule has 0 saturated heterocycles. The molecule has 0 bridgehead atoms. The average molecular weight is 315 g/mol. The Morgan fingerprint density at radius 2 is 1.65 bits per heavy atom. The number of para-hydroxylation sites is 1. The van der Waals surface area contributed by atoms with Crippen molar-refractivity contribution in [3.8, 4) is 28.4 Å².